The lowest BCUT2D eigenvalue weighted by atomic mass is 10.2. The fourth-order valence-corrected chi connectivity index (χ4v) is 6.16. The molecule has 38 heavy (non-hydrogen) atoms. The summed E-state index contributed by atoms with van der Waals surface area (Å²) in [4.78, 5) is 27.9. The molecule has 1 aromatic carbocycles. The van der Waals surface area contributed by atoms with Crippen LogP contribution in [0.1, 0.15) is 65.3 Å². The lowest BCUT2D eigenvalue weighted by Gasteiger charge is -2.40. The number of aromatic amines is 1. The average Bonchev–Trinajstić information content (AvgIpc) is 3.18. The predicted molar refractivity (Wildman–Crippen MR) is 160 cm³/mol. The van der Waals surface area contributed by atoms with E-state index in [1.54, 1.807) is 12.3 Å². The van der Waals surface area contributed by atoms with E-state index in [-0.39, 0.29) is 22.3 Å². The summed E-state index contributed by atoms with van der Waals surface area (Å²) in [5.74, 6) is 0. The number of nitrogens with zero attached hydrogens (tertiary/aromatic N) is 1. The van der Waals surface area contributed by atoms with Crippen molar-refractivity contribution in [3.05, 3.63) is 68.5 Å². The van der Waals surface area contributed by atoms with Crippen molar-refractivity contribution in [1.82, 2.24) is 9.55 Å². The monoisotopic (exact) mass is 558 g/mol. The second kappa shape index (κ2) is 11.2. The van der Waals surface area contributed by atoms with Gasteiger partial charge in [0.15, 0.2) is 16.6 Å². The molecule has 1 aliphatic rings. The smallest absolute Gasteiger partial charge is 0.330 e. The molecule has 3 rings (SSSR count). The first-order valence-electron chi connectivity index (χ1n) is 13.5. The zero-order valence-electron chi connectivity index (χ0n) is 24.8. The Labute approximate surface area is 229 Å². The fraction of sp³-hybridized carbons (Fsp3) is 0.586. The van der Waals surface area contributed by atoms with E-state index in [0.29, 0.717) is 18.6 Å². The number of hydrogen-bond donors (Lipinski definition) is 1. The van der Waals surface area contributed by atoms with E-state index in [1.807, 2.05) is 36.4 Å². The first-order chi connectivity index (χ1) is 17.4. The molecule has 1 aliphatic heterocycles. The number of ether oxygens (including phenoxy) is 1. The Bertz CT molecular complexity index is 1240. The molecule has 0 saturated carbocycles. The van der Waals surface area contributed by atoms with Crippen LogP contribution in [-0.2, 0) is 13.6 Å². The molecular weight excluding hydrogens is 513 g/mol. The highest BCUT2D eigenvalue weighted by Crippen LogP contribution is 2.42. The van der Waals surface area contributed by atoms with Gasteiger partial charge in [-0.1, -0.05) is 78.0 Å². The van der Waals surface area contributed by atoms with Gasteiger partial charge in [-0.05, 0) is 47.9 Å². The van der Waals surface area contributed by atoms with E-state index in [9.17, 15) is 9.59 Å². The number of nitrogens with one attached hydrogen (secondary N) is 1. The molecule has 9 heteroatoms. The van der Waals surface area contributed by atoms with E-state index in [0.717, 1.165) is 5.56 Å². The predicted octanol–water partition coefficient (Wildman–Crippen LogP) is 6.41. The third-order valence-electron chi connectivity index (χ3n) is 8.41. The summed E-state index contributed by atoms with van der Waals surface area (Å²) >= 11 is 0. The molecule has 0 spiro atoms. The number of aromatic nitrogens is 2. The average molecular weight is 559 g/mol. The maximum absolute atomic E-state index is 12.9. The van der Waals surface area contributed by atoms with Gasteiger partial charge < -0.3 is 13.6 Å². The minimum absolute atomic E-state index is 0.0279. The SMILES string of the molecule is CC(C)(C)[Si](C)(C)OC[C@H]1O[C@@H](n2cc(/C=C/c3ccccc3)c(=O)[nH]c2=O)C[C@@H]1O[Si](C)(C)C(C)(C)C. The molecule has 0 unspecified atom stereocenters. The molecule has 1 N–H and O–H groups in total. The van der Waals surface area contributed by atoms with E-state index in [2.05, 4.69) is 72.7 Å². The Hall–Kier alpha value is -2.05. The zero-order valence-corrected chi connectivity index (χ0v) is 26.8. The summed E-state index contributed by atoms with van der Waals surface area (Å²) in [6.07, 6.45) is 4.58. The van der Waals surface area contributed by atoms with Crippen LogP contribution in [0.3, 0.4) is 0 Å². The van der Waals surface area contributed by atoms with Crippen LogP contribution >= 0.6 is 0 Å². The molecule has 7 nitrogen and oxygen atoms in total. The van der Waals surface area contributed by atoms with Gasteiger partial charge in [-0.25, -0.2) is 4.79 Å². The van der Waals surface area contributed by atoms with Gasteiger partial charge >= 0.3 is 5.69 Å². The number of rotatable bonds is 8. The second-order valence-electron chi connectivity index (χ2n) is 13.3. The van der Waals surface area contributed by atoms with Crippen LogP contribution in [0, 0.1) is 0 Å². The summed E-state index contributed by atoms with van der Waals surface area (Å²) < 4.78 is 21.3. The molecule has 0 bridgehead atoms. The van der Waals surface area contributed by atoms with Crippen molar-refractivity contribution in [3.8, 4) is 0 Å². The van der Waals surface area contributed by atoms with Gasteiger partial charge in [0.1, 0.15) is 12.3 Å². The Balaban J connectivity index is 1.91. The van der Waals surface area contributed by atoms with Gasteiger partial charge in [0.05, 0.1) is 18.3 Å². The van der Waals surface area contributed by atoms with Crippen molar-refractivity contribution in [2.24, 2.45) is 0 Å². The van der Waals surface area contributed by atoms with Crippen LogP contribution in [0.15, 0.2) is 46.1 Å². The van der Waals surface area contributed by atoms with Gasteiger partial charge in [-0.3, -0.25) is 14.3 Å². The Kier molecular flexibility index (Phi) is 9.00. The van der Waals surface area contributed by atoms with Gasteiger partial charge in [-0.15, -0.1) is 0 Å². The number of H-pyrrole nitrogens is 1. The first kappa shape index (κ1) is 30.5. The van der Waals surface area contributed by atoms with E-state index >= 15 is 0 Å². The first-order valence-corrected chi connectivity index (χ1v) is 19.3. The minimum Gasteiger partial charge on any atom is -0.414 e. The molecule has 1 saturated heterocycles. The lowest BCUT2D eigenvalue weighted by Crippen LogP contribution is -2.48. The standard InChI is InChI=1S/C29H46N2O5Si2/c1-28(2,3)37(7,8)34-20-24-23(36-38(9,10)29(4,5)6)18-25(35-24)31-19-22(26(32)30-27(31)33)17-16-21-14-12-11-13-15-21/h11-17,19,23-25H,18,20H2,1-10H3,(H,30,32,33)/b17-16+/t23-,24+,25+/m0/s1. The van der Waals surface area contributed by atoms with Gasteiger partial charge in [0.2, 0.25) is 0 Å². The van der Waals surface area contributed by atoms with E-state index in [4.69, 9.17) is 13.6 Å². The second-order valence-corrected chi connectivity index (χ2v) is 22.9. The highest BCUT2D eigenvalue weighted by molar-refractivity contribution is 6.74. The molecule has 2 aromatic rings. The Morgan fingerprint density at radius 3 is 2.16 bits per heavy atom. The van der Waals surface area contributed by atoms with Crippen LogP contribution in [0.5, 0.6) is 0 Å². The van der Waals surface area contributed by atoms with Crippen molar-refractivity contribution < 1.29 is 13.6 Å². The number of hydrogen-bond acceptors (Lipinski definition) is 5. The maximum atomic E-state index is 12.9. The molecule has 3 atom stereocenters. The fourth-order valence-electron chi connectivity index (χ4n) is 3.79. The quantitative estimate of drug-likeness (QED) is 0.379. The topological polar surface area (TPSA) is 82.5 Å². The Morgan fingerprint density at radius 1 is 0.974 bits per heavy atom. The van der Waals surface area contributed by atoms with Crippen LogP contribution in [0.25, 0.3) is 12.2 Å². The molecule has 1 fully saturated rings. The number of benzene rings is 1. The largest absolute Gasteiger partial charge is 0.414 e. The summed E-state index contributed by atoms with van der Waals surface area (Å²) in [6, 6.07) is 9.72. The minimum atomic E-state index is -2.12. The molecule has 210 valence electrons. The van der Waals surface area contributed by atoms with Crippen LogP contribution in [0.2, 0.25) is 36.3 Å². The van der Waals surface area contributed by atoms with Crippen LogP contribution in [-0.4, -0.2) is 45.0 Å². The van der Waals surface area contributed by atoms with E-state index in [1.165, 1.54) is 4.57 Å². The third-order valence-corrected chi connectivity index (χ3v) is 17.4. The molecular formula is C29H46N2O5Si2. The van der Waals surface area contributed by atoms with Crippen LogP contribution in [0.4, 0.5) is 0 Å². The molecule has 2 heterocycles. The highest BCUT2D eigenvalue weighted by atomic mass is 28.4. The van der Waals surface area contributed by atoms with Gasteiger partial charge in [-0.2, -0.15) is 0 Å². The van der Waals surface area contributed by atoms with Crippen molar-refractivity contribution in [1.29, 1.82) is 0 Å². The summed E-state index contributed by atoms with van der Waals surface area (Å²) in [6.45, 7) is 22.6. The van der Waals surface area contributed by atoms with Gasteiger partial charge in [0, 0.05) is 12.6 Å². The molecule has 0 amide bonds. The van der Waals surface area contributed by atoms with Crippen molar-refractivity contribution in [3.63, 3.8) is 0 Å². The highest BCUT2D eigenvalue weighted by Gasteiger charge is 2.46. The van der Waals surface area contributed by atoms with E-state index < -0.39 is 34.1 Å². The summed E-state index contributed by atoms with van der Waals surface area (Å²) in [5.41, 5.74) is 0.435. The molecule has 0 aliphatic carbocycles. The normalized spacial score (nSPS) is 21.4. The summed E-state index contributed by atoms with van der Waals surface area (Å²) in [7, 11) is -4.14. The Morgan fingerprint density at radius 2 is 1.58 bits per heavy atom. The van der Waals surface area contributed by atoms with Crippen molar-refractivity contribution in [2.75, 3.05) is 6.61 Å². The summed E-state index contributed by atoms with van der Waals surface area (Å²) in [5, 5.41) is 0.0940. The van der Waals surface area contributed by atoms with Crippen molar-refractivity contribution >= 4 is 28.8 Å². The lowest BCUT2D eigenvalue weighted by molar-refractivity contribution is -0.0412. The third kappa shape index (κ3) is 7.12. The molecule has 0 radical (unpaired) electrons. The maximum Gasteiger partial charge on any atom is 0.330 e. The molecule has 1 aromatic heterocycles. The van der Waals surface area contributed by atoms with Crippen molar-refractivity contribution in [2.45, 2.75) is 103 Å². The van der Waals surface area contributed by atoms with Gasteiger partial charge in [0.25, 0.3) is 5.56 Å². The van der Waals surface area contributed by atoms with Crippen LogP contribution < -0.4 is 11.2 Å². The zero-order chi connectivity index (χ0) is 28.5.